The van der Waals surface area contributed by atoms with Gasteiger partial charge in [0, 0.05) is 4.88 Å². The summed E-state index contributed by atoms with van der Waals surface area (Å²) in [5, 5.41) is 13.1. The van der Waals surface area contributed by atoms with Crippen molar-refractivity contribution in [2.45, 2.75) is 70.4 Å². The summed E-state index contributed by atoms with van der Waals surface area (Å²) in [5.41, 5.74) is 0.201. The van der Waals surface area contributed by atoms with Crippen molar-refractivity contribution in [1.82, 2.24) is 14.9 Å². The zero-order chi connectivity index (χ0) is 19.0. The second-order valence-corrected chi connectivity index (χ2v) is 9.10. The minimum atomic E-state index is -0.784. The summed E-state index contributed by atoms with van der Waals surface area (Å²) in [4.78, 5) is 32.0. The Labute approximate surface area is 162 Å². The molecule has 27 heavy (non-hydrogen) atoms. The minimum absolute atomic E-state index is 0.0910. The molecule has 0 spiro atoms. The first-order chi connectivity index (χ1) is 13.0. The maximum absolute atomic E-state index is 13.0. The van der Waals surface area contributed by atoms with Crippen molar-refractivity contribution in [3.8, 4) is 6.07 Å². The Hall–Kier alpha value is -2.20. The summed E-state index contributed by atoms with van der Waals surface area (Å²) in [7, 11) is 0. The van der Waals surface area contributed by atoms with Gasteiger partial charge >= 0.3 is 0 Å². The number of carbonyl (C=O) groups excluding carboxylic acids is 1. The van der Waals surface area contributed by atoms with E-state index >= 15 is 0 Å². The lowest BCUT2D eigenvalue weighted by molar-refractivity contribution is -0.123. The monoisotopic (exact) mass is 384 g/mol. The fourth-order valence-corrected chi connectivity index (χ4v) is 5.70. The number of carbonyl (C=O) groups is 1. The van der Waals surface area contributed by atoms with Crippen molar-refractivity contribution >= 4 is 27.5 Å². The van der Waals surface area contributed by atoms with Crippen LogP contribution < -0.4 is 10.9 Å². The third kappa shape index (κ3) is 3.39. The van der Waals surface area contributed by atoms with Crippen LogP contribution in [0.15, 0.2) is 11.1 Å². The van der Waals surface area contributed by atoms with Gasteiger partial charge in [0.05, 0.1) is 17.8 Å². The molecule has 6 nitrogen and oxygen atoms in total. The minimum Gasteiger partial charge on any atom is -0.336 e. The predicted molar refractivity (Wildman–Crippen MR) is 105 cm³/mol. The lowest BCUT2D eigenvalue weighted by atomic mass is 9.83. The SMILES string of the molecule is CC1CCc2c(sc3ncn(CC(=O)NC4(C#N)CCCCC4)c(=O)c23)C1. The van der Waals surface area contributed by atoms with E-state index in [0.717, 1.165) is 48.9 Å². The van der Waals surface area contributed by atoms with E-state index in [9.17, 15) is 14.9 Å². The number of nitrogens with one attached hydrogen (secondary N) is 1. The Morgan fingerprint density at radius 2 is 2.22 bits per heavy atom. The zero-order valence-electron chi connectivity index (χ0n) is 15.6. The van der Waals surface area contributed by atoms with Crippen LogP contribution in [-0.4, -0.2) is 21.0 Å². The number of hydrogen-bond acceptors (Lipinski definition) is 5. The molecule has 1 atom stereocenters. The number of aromatic nitrogens is 2. The summed E-state index contributed by atoms with van der Waals surface area (Å²) < 4.78 is 1.39. The topological polar surface area (TPSA) is 87.8 Å². The van der Waals surface area contributed by atoms with Crippen LogP contribution in [0.2, 0.25) is 0 Å². The number of nitrogens with zero attached hydrogens (tertiary/aromatic N) is 3. The van der Waals surface area contributed by atoms with Crippen molar-refractivity contribution in [3.63, 3.8) is 0 Å². The molecule has 1 amide bonds. The first kappa shape index (κ1) is 18.2. The molecule has 2 aromatic rings. The molecular formula is C20H24N4O2S. The van der Waals surface area contributed by atoms with Crippen LogP contribution in [0.1, 0.15) is 55.9 Å². The molecule has 0 saturated heterocycles. The highest BCUT2D eigenvalue weighted by molar-refractivity contribution is 7.18. The largest absolute Gasteiger partial charge is 0.336 e. The molecule has 1 saturated carbocycles. The summed E-state index contributed by atoms with van der Waals surface area (Å²) in [6.45, 7) is 2.14. The second-order valence-electron chi connectivity index (χ2n) is 8.01. The smallest absolute Gasteiger partial charge is 0.262 e. The lowest BCUT2D eigenvalue weighted by Crippen LogP contribution is -2.50. The Balaban J connectivity index is 1.59. The quantitative estimate of drug-likeness (QED) is 0.881. The fraction of sp³-hybridized carbons (Fsp3) is 0.600. The van der Waals surface area contributed by atoms with Crippen molar-refractivity contribution in [1.29, 1.82) is 5.26 Å². The highest BCUT2D eigenvalue weighted by Crippen LogP contribution is 2.35. The van der Waals surface area contributed by atoms with Crippen LogP contribution in [0.5, 0.6) is 0 Å². The Morgan fingerprint density at radius 3 is 2.96 bits per heavy atom. The molecule has 2 heterocycles. The van der Waals surface area contributed by atoms with Gasteiger partial charge in [0.1, 0.15) is 16.9 Å². The number of amides is 1. The summed E-state index contributed by atoms with van der Waals surface area (Å²) in [5.74, 6) is 0.343. The highest BCUT2D eigenvalue weighted by Gasteiger charge is 2.33. The maximum Gasteiger partial charge on any atom is 0.262 e. The van der Waals surface area contributed by atoms with Gasteiger partial charge in [0.15, 0.2) is 0 Å². The first-order valence-corrected chi connectivity index (χ1v) is 10.5. The molecule has 4 rings (SSSR count). The van der Waals surface area contributed by atoms with E-state index in [1.807, 2.05) is 0 Å². The van der Waals surface area contributed by atoms with E-state index in [0.29, 0.717) is 24.1 Å². The molecule has 142 valence electrons. The van der Waals surface area contributed by atoms with Gasteiger partial charge in [-0.15, -0.1) is 11.3 Å². The third-order valence-corrected chi connectivity index (χ3v) is 7.06. The summed E-state index contributed by atoms with van der Waals surface area (Å²) in [6.07, 6.45) is 8.80. The third-order valence-electron chi connectivity index (χ3n) is 5.90. The van der Waals surface area contributed by atoms with Crippen LogP contribution in [0, 0.1) is 17.2 Å². The van der Waals surface area contributed by atoms with Gasteiger partial charge in [-0.2, -0.15) is 5.26 Å². The molecule has 1 unspecified atom stereocenters. The number of fused-ring (bicyclic) bond motifs is 3. The second kappa shape index (κ2) is 7.08. The molecule has 0 aromatic carbocycles. The first-order valence-electron chi connectivity index (χ1n) is 9.73. The number of thiophene rings is 1. The number of nitriles is 1. The molecule has 1 N–H and O–H groups in total. The van der Waals surface area contributed by atoms with E-state index < -0.39 is 5.54 Å². The molecular weight excluding hydrogens is 360 g/mol. The van der Waals surface area contributed by atoms with Crippen LogP contribution in [-0.2, 0) is 24.2 Å². The van der Waals surface area contributed by atoms with Gasteiger partial charge < -0.3 is 5.32 Å². The molecule has 0 aliphatic heterocycles. The van der Waals surface area contributed by atoms with Crippen LogP contribution in [0.4, 0.5) is 0 Å². The molecule has 2 aromatic heterocycles. The maximum atomic E-state index is 13.0. The number of hydrogen-bond donors (Lipinski definition) is 1. The molecule has 0 radical (unpaired) electrons. The average Bonchev–Trinajstić information content (AvgIpc) is 3.03. The van der Waals surface area contributed by atoms with Gasteiger partial charge in [0.25, 0.3) is 5.56 Å². The van der Waals surface area contributed by atoms with Crippen molar-refractivity contribution in [3.05, 3.63) is 27.1 Å². The van der Waals surface area contributed by atoms with Crippen molar-refractivity contribution < 1.29 is 4.79 Å². The van der Waals surface area contributed by atoms with Crippen molar-refractivity contribution in [2.75, 3.05) is 0 Å². The van der Waals surface area contributed by atoms with E-state index in [1.165, 1.54) is 15.8 Å². The molecule has 2 aliphatic carbocycles. The van der Waals surface area contributed by atoms with E-state index in [1.54, 1.807) is 11.3 Å². The molecule has 0 bridgehead atoms. The zero-order valence-corrected chi connectivity index (χ0v) is 16.4. The number of rotatable bonds is 3. The standard InChI is InChI=1S/C20H24N4O2S/c1-13-5-6-14-15(9-13)27-18-17(14)19(26)24(12-22-18)10-16(25)23-20(11-21)7-3-2-4-8-20/h12-13H,2-10H2,1H3,(H,23,25). The van der Waals surface area contributed by atoms with Gasteiger partial charge in [-0.1, -0.05) is 26.2 Å². The Morgan fingerprint density at radius 1 is 1.44 bits per heavy atom. The highest BCUT2D eigenvalue weighted by atomic mass is 32.1. The van der Waals surface area contributed by atoms with Crippen LogP contribution in [0.25, 0.3) is 10.2 Å². The van der Waals surface area contributed by atoms with Crippen molar-refractivity contribution in [2.24, 2.45) is 5.92 Å². The fourth-order valence-electron chi connectivity index (χ4n) is 4.36. The van der Waals surface area contributed by atoms with E-state index in [-0.39, 0.29) is 18.0 Å². The Kier molecular flexibility index (Phi) is 4.77. The lowest BCUT2D eigenvalue weighted by Gasteiger charge is -2.31. The summed E-state index contributed by atoms with van der Waals surface area (Å²) in [6, 6.07) is 2.29. The van der Waals surface area contributed by atoms with Crippen LogP contribution >= 0.6 is 11.3 Å². The van der Waals surface area contributed by atoms with Gasteiger partial charge in [0.2, 0.25) is 5.91 Å². The van der Waals surface area contributed by atoms with Crippen LogP contribution in [0.3, 0.4) is 0 Å². The summed E-state index contributed by atoms with van der Waals surface area (Å²) >= 11 is 1.61. The molecule has 1 fully saturated rings. The van der Waals surface area contributed by atoms with E-state index in [2.05, 4.69) is 23.3 Å². The molecule has 7 heteroatoms. The van der Waals surface area contributed by atoms with Gasteiger partial charge in [-0.25, -0.2) is 4.98 Å². The Bertz CT molecular complexity index is 978. The normalized spacial score (nSPS) is 21.4. The number of aryl methyl sites for hydroxylation is 1. The van der Waals surface area contributed by atoms with Gasteiger partial charge in [-0.3, -0.25) is 14.2 Å². The average molecular weight is 385 g/mol. The molecule has 2 aliphatic rings. The van der Waals surface area contributed by atoms with Gasteiger partial charge in [-0.05, 0) is 43.6 Å². The van der Waals surface area contributed by atoms with E-state index in [4.69, 9.17) is 0 Å². The predicted octanol–water partition coefficient (Wildman–Crippen LogP) is 2.93.